The van der Waals surface area contributed by atoms with Gasteiger partial charge in [-0.3, -0.25) is 4.74 Å². The van der Waals surface area contributed by atoms with E-state index in [1.54, 1.807) is 0 Å². The van der Waals surface area contributed by atoms with Crippen LogP contribution in [0.5, 0.6) is 0 Å². The standard InChI is InChI=1S/C33H65O6PS/c1-7-10-12-14-16-17-18-19-21-23-25-28(24-22-20-15-13-11-8-2)26-30(41)38-29(9-3)39-33(35,40-36)31(34)37-27-32(4,5)6/h28-30,35,41H,7-27H2,1-6H3/p+1. The monoisotopic (exact) mass is 621 g/mol. The predicted octanol–water partition coefficient (Wildman–Crippen LogP) is 10.3. The van der Waals surface area contributed by atoms with Crippen molar-refractivity contribution in [2.24, 2.45) is 11.3 Å². The summed E-state index contributed by atoms with van der Waals surface area (Å²) in [5.41, 5.74) is -3.25. The molecule has 5 atom stereocenters. The van der Waals surface area contributed by atoms with Crippen LogP contribution in [0.4, 0.5) is 0 Å². The zero-order chi connectivity index (χ0) is 31.0. The second kappa shape index (κ2) is 25.2. The average Bonchev–Trinajstić information content (AvgIpc) is 2.93. The van der Waals surface area contributed by atoms with Crippen LogP contribution in [0.1, 0.15) is 170 Å². The van der Waals surface area contributed by atoms with E-state index in [-0.39, 0.29) is 12.0 Å². The molecule has 0 aromatic carbocycles. The molecule has 8 heteroatoms. The number of carbonyl (C=O) groups excluding carboxylic acids is 1. The minimum Gasteiger partial charge on any atom is -0.458 e. The van der Waals surface area contributed by atoms with Gasteiger partial charge in [-0.1, -0.05) is 162 Å². The normalized spacial score (nSPS) is 15.9. The number of aliphatic hydroxyl groups is 1. The summed E-state index contributed by atoms with van der Waals surface area (Å²) in [6.07, 6.45) is 23.5. The van der Waals surface area contributed by atoms with Crippen LogP contribution in [0.15, 0.2) is 0 Å². The van der Waals surface area contributed by atoms with E-state index in [0.29, 0.717) is 12.3 Å². The molecule has 0 spiro atoms. The summed E-state index contributed by atoms with van der Waals surface area (Å²) in [5, 5.41) is 10.6. The molecule has 1 N–H and O–H groups in total. The van der Waals surface area contributed by atoms with E-state index in [1.165, 1.54) is 103 Å². The molecule has 0 aromatic rings. The van der Waals surface area contributed by atoms with Crippen molar-refractivity contribution in [3.8, 4) is 0 Å². The highest BCUT2D eigenvalue weighted by Gasteiger charge is 2.52. The Bertz CT molecular complexity index is 644. The molecular weight excluding hydrogens is 555 g/mol. The fraction of sp³-hybridized carbons (Fsp3) is 0.970. The lowest BCUT2D eigenvalue weighted by Crippen LogP contribution is -2.42. The van der Waals surface area contributed by atoms with Gasteiger partial charge in [0.05, 0.1) is 6.61 Å². The second-order valence-electron chi connectivity index (χ2n) is 13.1. The van der Waals surface area contributed by atoms with Crippen LogP contribution in [0, 0.1) is 11.3 Å². The summed E-state index contributed by atoms with van der Waals surface area (Å²) in [7, 11) is -1.43. The van der Waals surface area contributed by atoms with Crippen LogP contribution >= 0.6 is 21.1 Å². The van der Waals surface area contributed by atoms with Gasteiger partial charge in [-0.15, -0.1) is 12.6 Å². The minimum atomic E-state index is -2.55. The third-order valence-electron chi connectivity index (χ3n) is 7.46. The Morgan fingerprint density at radius 3 is 1.61 bits per heavy atom. The molecule has 0 radical (unpaired) electrons. The fourth-order valence-electron chi connectivity index (χ4n) is 4.92. The maximum atomic E-state index is 12.5. The van der Waals surface area contributed by atoms with Gasteiger partial charge >= 0.3 is 20.0 Å². The number of hydrogen-bond donors (Lipinski definition) is 2. The van der Waals surface area contributed by atoms with Crippen molar-refractivity contribution in [2.75, 3.05) is 6.61 Å². The van der Waals surface area contributed by atoms with Crippen molar-refractivity contribution in [2.45, 2.75) is 187 Å². The number of rotatable bonds is 28. The van der Waals surface area contributed by atoms with Gasteiger partial charge in [-0.05, 0) is 24.2 Å². The molecule has 0 heterocycles. The first-order chi connectivity index (χ1) is 19.5. The van der Waals surface area contributed by atoms with Crippen LogP contribution in [-0.2, 0) is 23.6 Å². The molecule has 0 amide bonds. The van der Waals surface area contributed by atoms with Crippen molar-refractivity contribution < 1.29 is 28.7 Å². The number of carbonyl (C=O) groups is 1. The Morgan fingerprint density at radius 1 is 0.780 bits per heavy atom. The molecule has 0 aliphatic carbocycles. The van der Waals surface area contributed by atoms with Gasteiger partial charge in [0.1, 0.15) is 5.44 Å². The second-order valence-corrected chi connectivity index (χ2v) is 14.5. The van der Waals surface area contributed by atoms with Gasteiger partial charge in [-0.25, -0.2) is 4.79 Å². The molecule has 0 saturated heterocycles. The summed E-state index contributed by atoms with van der Waals surface area (Å²) < 4.78 is 28.5. The van der Waals surface area contributed by atoms with E-state index in [1.807, 2.05) is 27.7 Å². The average molecular weight is 622 g/mol. The van der Waals surface area contributed by atoms with Gasteiger partial charge in [-0.2, -0.15) is 0 Å². The zero-order valence-corrected chi connectivity index (χ0v) is 29.4. The van der Waals surface area contributed by atoms with Gasteiger partial charge < -0.3 is 14.6 Å². The number of unbranched alkanes of at least 4 members (excludes halogenated alkanes) is 14. The van der Waals surface area contributed by atoms with Crippen molar-refractivity contribution in [3.63, 3.8) is 0 Å². The minimum absolute atomic E-state index is 0.0773. The van der Waals surface area contributed by atoms with Crippen LogP contribution in [0.2, 0.25) is 0 Å². The number of thiol groups is 1. The van der Waals surface area contributed by atoms with E-state index in [4.69, 9.17) is 26.8 Å². The lowest BCUT2D eigenvalue weighted by atomic mass is 9.91. The molecule has 0 saturated carbocycles. The zero-order valence-electron chi connectivity index (χ0n) is 27.5. The first-order valence-corrected chi connectivity index (χ1v) is 18.2. The molecule has 5 unspecified atom stereocenters. The molecule has 41 heavy (non-hydrogen) atoms. The molecule has 244 valence electrons. The molecule has 0 aromatic heterocycles. The van der Waals surface area contributed by atoms with Crippen molar-refractivity contribution in [3.05, 3.63) is 0 Å². The summed E-state index contributed by atoms with van der Waals surface area (Å²) in [6, 6.07) is 0. The van der Waals surface area contributed by atoms with E-state index < -0.39 is 31.7 Å². The van der Waals surface area contributed by atoms with E-state index >= 15 is 0 Å². The summed E-state index contributed by atoms with van der Waals surface area (Å²) in [5.74, 6) is -0.548. The van der Waals surface area contributed by atoms with Gasteiger partial charge in [0.15, 0.2) is 6.29 Å². The molecule has 0 bridgehead atoms. The smallest absolute Gasteiger partial charge is 0.458 e. The highest BCUT2D eigenvalue weighted by Crippen LogP contribution is 2.30. The van der Waals surface area contributed by atoms with E-state index in [0.717, 1.165) is 19.3 Å². The Labute approximate surface area is 260 Å². The molecule has 0 rings (SSSR count). The third kappa shape index (κ3) is 22.9. The summed E-state index contributed by atoms with van der Waals surface area (Å²) >= 11 is 4.71. The lowest BCUT2D eigenvalue weighted by Gasteiger charge is -2.27. The maximum absolute atomic E-state index is 12.5. The van der Waals surface area contributed by atoms with E-state index in [2.05, 4.69) is 13.8 Å². The van der Waals surface area contributed by atoms with Crippen molar-refractivity contribution in [1.29, 1.82) is 0 Å². The quantitative estimate of drug-likeness (QED) is 0.0297. The molecular formula is C33H66O6PS+. The van der Waals surface area contributed by atoms with Gasteiger partial charge in [0.2, 0.25) is 0 Å². The summed E-state index contributed by atoms with van der Waals surface area (Å²) in [6.45, 7) is 12.1. The van der Waals surface area contributed by atoms with Crippen LogP contribution in [-0.4, -0.2) is 34.9 Å². The molecule has 0 fully saturated rings. The van der Waals surface area contributed by atoms with E-state index in [9.17, 15) is 14.5 Å². The third-order valence-corrected chi connectivity index (χ3v) is 8.39. The van der Waals surface area contributed by atoms with Crippen molar-refractivity contribution >= 4 is 27.1 Å². The molecule has 6 nitrogen and oxygen atoms in total. The number of esters is 1. The lowest BCUT2D eigenvalue weighted by molar-refractivity contribution is -0.259. The number of hydrogen-bond acceptors (Lipinski definition) is 7. The Hall–Kier alpha value is -0.200. The van der Waals surface area contributed by atoms with Crippen LogP contribution in [0.3, 0.4) is 0 Å². The number of ether oxygens (including phenoxy) is 3. The molecule has 0 aliphatic rings. The first kappa shape index (κ1) is 40.8. The Kier molecular flexibility index (Phi) is 25.0. The summed E-state index contributed by atoms with van der Waals surface area (Å²) in [4.78, 5) is 12.5. The Morgan fingerprint density at radius 2 is 1.22 bits per heavy atom. The maximum Gasteiger partial charge on any atom is 0.472 e. The van der Waals surface area contributed by atoms with Gasteiger partial charge in [0, 0.05) is 0 Å². The predicted molar refractivity (Wildman–Crippen MR) is 176 cm³/mol. The SMILES string of the molecule is CCCCCCCCCCCCC(CCCCCCCC)CC(S)OC(CC)OC(O)([PH+]=O)C(=O)OCC(C)(C)C. The van der Waals surface area contributed by atoms with Gasteiger partial charge in [0.25, 0.3) is 0 Å². The topological polar surface area (TPSA) is 82.1 Å². The largest absolute Gasteiger partial charge is 0.472 e. The Balaban J connectivity index is 4.80. The fourth-order valence-corrected chi connectivity index (χ4v) is 5.69. The van der Waals surface area contributed by atoms with Crippen LogP contribution < -0.4 is 0 Å². The highest BCUT2D eigenvalue weighted by atomic mass is 32.1. The first-order valence-electron chi connectivity index (χ1n) is 16.8. The van der Waals surface area contributed by atoms with Crippen LogP contribution in [0.25, 0.3) is 0 Å². The van der Waals surface area contributed by atoms with Crippen molar-refractivity contribution in [1.82, 2.24) is 0 Å². The molecule has 0 aliphatic heterocycles. The highest BCUT2D eigenvalue weighted by molar-refractivity contribution is 7.80.